The van der Waals surface area contributed by atoms with Crippen molar-refractivity contribution in [1.29, 1.82) is 0 Å². The van der Waals surface area contributed by atoms with Gasteiger partial charge < -0.3 is 10.2 Å². The average molecular weight is 322 g/mol. The molecule has 1 aromatic carbocycles. The Morgan fingerprint density at radius 1 is 1.26 bits per heavy atom. The molecule has 1 N–H and O–H groups in total. The van der Waals surface area contributed by atoms with Crippen molar-refractivity contribution in [2.24, 2.45) is 0 Å². The van der Waals surface area contributed by atoms with Crippen molar-refractivity contribution in [2.45, 2.75) is 13.5 Å². The van der Waals surface area contributed by atoms with Crippen LogP contribution in [-0.2, 0) is 6.54 Å². The molecule has 0 bridgehead atoms. The second-order valence-corrected chi connectivity index (χ2v) is 5.42. The maximum absolute atomic E-state index is 13.4. The fraction of sp³-hybridized carbons (Fsp3) is 0.375. The molecule has 0 fully saturated rings. The first-order valence-corrected chi connectivity index (χ1v) is 7.38. The van der Waals surface area contributed by atoms with Crippen molar-refractivity contribution in [3.63, 3.8) is 0 Å². The summed E-state index contributed by atoms with van der Waals surface area (Å²) in [5.74, 6) is -2.12. The topological polar surface area (TPSA) is 50.2 Å². The smallest absolute Gasteiger partial charge is 0.271 e. The minimum Gasteiger partial charge on any atom is -0.349 e. The third-order valence-electron chi connectivity index (χ3n) is 3.37. The first-order chi connectivity index (χ1) is 10.9. The van der Waals surface area contributed by atoms with E-state index in [9.17, 15) is 13.6 Å². The van der Waals surface area contributed by atoms with E-state index >= 15 is 0 Å². The van der Waals surface area contributed by atoms with Gasteiger partial charge in [0.15, 0.2) is 17.3 Å². The third kappa shape index (κ3) is 4.13. The Bertz CT molecular complexity index is 697. The number of aryl methyl sites for hydroxylation is 1. The van der Waals surface area contributed by atoms with Crippen LogP contribution in [0.2, 0.25) is 0 Å². The number of benzene rings is 1. The van der Waals surface area contributed by atoms with E-state index in [-0.39, 0.29) is 11.6 Å². The van der Waals surface area contributed by atoms with Gasteiger partial charge in [0.25, 0.3) is 5.91 Å². The molecule has 5 nitrogen and oxygen atoms in total. The van der Waals surface area contributed by atoms with Gasteiger partial charge in [0, 0.05) is 25.2 Å². The Kier molecular flexibility index (Phi) is 5.44. The van der Waals surface area contributed by atoms with Crippen LogP contribution in [-0.4, -0.2) is 47.8 Å². The molecule has 1 aromatic heterocycles. The first kappa shape index (κ1) is 17.1. The number of likely N-dealkylation sites (N-methyl/N-ethyl adjacent to an activating group) is 1. The molecule has 0 saturated carbocycles. The van der Waals surface area contributed by atoms with E-state index in [2.05, 4.69) is 10.4 Å². The summed E-state index contributed by atoms with van der Waals surface area (Å²) in [4.78, 5) is 14.1. The lowest BCUT2D eigenvalue weighted by Gasteiger charge is -2.09. The van der Waals surface area contributed by atoms with Crippen molar-refractivity contribution < 1.29 is 13.6 Å². The monoisotopic (exact) mass is 322 g/mol. The molecule has 2 aromatic rings. The maximum Gasteiger partial charge on any atom is 0.271 e. The molecule has 0 unspecified atom stereocenters. The molecule has 0 radical (unpaired) electrons. The van der Waals surface area contributed by atoms with Gasteiger partial charge >= 0.3 is 0 Å². The first-order valence-electron chi connectivity index (χ1n) is 7.38. The van der Waals surface area contributed by atoms with Crippen LogP contribution in [0.5, 0.6) is 0 Å². The molecule has 23 heavy (non-hydrogen) atoms. The van der Waals surface area contributed by atoms with Gasteiger partial charge in [0.05, 0.1) is 5.69 Å². The highest BCUT2D eigenvalue weighted by molar-refractivity contribution is 5.93. The molecule has 0 saturated heterocycles. The van der Waals surface area contributed by atoms with Crippen LogP contribution in [0.4, 0.5) is 8.78 Å². The lowest BCUT2D eigenvalue weighted by atomic mass is 10.1. The van der Waals surface area contributed by atoms with E-state index in [1.165, 1.54) is 6.07 Å². The highest BCUT2D eigenvalue weighted by Crippen LogP contribution is 2.22. The molecule has 1 heterocycles. The number of rotatable bonds is 6. The number of hydrogen-bond donors (Lipinski definition) is 1. The predicted molar refractivity (Wildman–Crippen MR) is 84.1 cm³/mol. The van der Waals surface area contributed by atoms with Crippen LogP contribution in [0.3, 0.4) is 0 Å². The molecule has 7 heteroatoms. The zero-order valence-electron chi connectivity index (χ0n) is 13.4. The van der Waals surface area contributed by atoms with Gasteiger partial charge in [0.2, 0.25) is 0 Å². The lowest BCUT2D eigenvalue weighted by molar-refractivity contribution is 0.0945. The number of nitrogens with zero attached hydrogens (tertiary/aromatic N) is 3. The van der Waals surface area contributed by atoms with E-state index in [0.29, 0.717) is 24.3 Å². The van der Waals surface area contributed by atoms with Gasteiger partial charge in [-0.25, -0.2) is 8.78 Å². The van der Waals surface area contributed by atoms with E-state index < -0.39 is 11.6 Å². The third-order valence-corrected chi connectivity index (χ3v) is 3.37. The molecular weight excluding hydrogens is 302 g/mol. The fourth-order valence-electron chi connectivity index (χ4n) is 2.14. The van der Waals surface area contributed by atoms with E-state index in [4.69, 9.17) is 0 Å². The summed E-state index contributed by atoms with van der Waals surface area (Å²) in [5, 5.41) is 7.01. The van der Waals surface area contributed by atoms with Crippen LogP contribution in [0.25, 0.3) is 11.3 Å². The predicted octanol–water partition coefficient (Wildman–Crippen LogP) is 2.14. The van der Waals surface area contributed by atoms with E-state index in [1.54, 1.807) is 10.7 Å². The Balaban J connectivity index is 2.23. The lowest BCUT2D eigenvalue weighted by Crippen LogP contribution is -2.31. The van der Waals surface area contributed by atoms with Crippen LogP contribution in [0.1, 0.15) is 17.4 Å². The average Bonchev–Trinajstić information content (AvgIpc) is 2.94. The zero-order chi connectivity index (χ0) is 17.0. The number of nitrogens with one attached hydrogen (secondary N) is 1. The Hall–Kier alpha value is -2.28. The van der Waals surface area contributed by atoms with Crippen molar-refractivity contribution in [3.05, 3.63) is 41.6 Å². The molecule has 0 aliphatic heterocycles. The van der Waals surface area contributed by atoms with Gasteiger partial charge in [0.1, 0.15) is 0 Å². The fourth-order valence-corrected chi connectivity index (χ4v) is 2.14. The van der Waals surface area contributed by atoms with Crippen molar-refractivity contribution in [2.75, 3.05) is 27.2 Å². The summed E-state index contributed by atoms with van der Waals surface area (Å²) in [6.07, 6.45) is 0. The second kappa shape index (κ2) is 7.32. The quantitative estimate of drug-likeness (QED) is 0.886. The number of carbonyl (C=O) groups is 1. The van der Waals surface area contributed by atoms with Crippen molar-refractivity contribution in [1.82, 2.24) is 20.0 Å². The van der Waals surface area contributed by atoms with Crippen LogP contribution < -0.4 is 5.32 Å². The Morgan fingerprint density at radius 3 is 2.61 bits per heavy atom. The van der Waals surface area contributed by atoms with E-state index in [0.717, 1.165) is 18.7 Å². The minimum absolute atomic E-state index is 0.255. The summed E-state index contributed by atoms with van der Waals surface area (Å²) < 4.78 is 28.1. The van der Waals surface area contributed by atoms with Gasteiger partial charge in [-0.2, -0.15) is 5.10 Å². The summed E-state index contributed by atoms with van der Waals surface area (Å²) in [6.45, 7) is 3.60. The van der Waals surface area contributed by atoms with Gasteiger partial charge in [-0.3, -0.25) is 9.48 Å². The zero-order valence-corrected chi connectivity index (χ0v) is 13.4. The molecule has 124 valence electrons. The second-order valence-electron chi connectivity index (χ2n) is 5.42. The summed E-state index contributed by atoms with van der Waals surface area (Å²) in [7, 11) is 3.83. The highest BCUT2D eigenvalue weighted by atomic mass is 19.2. The molecule has 0 aliphatic carbocycles. The van der Waals surface area contributed by atoms with Gasteiger partial charge in [-0.15, -0.1) is 0 Å². The van der Waals surface area contributed by atoms with Crippen LogP contribution in [0, 0.1) is 11.6 Å². The number of hydrogen-bond acceptors (Lipinski definition) is 3. The van der Waals surface area contributed by atoms with Gasteiger partial charge in [-0.1, -0.05) is 0 Å². The SMILES string of the molecule is CCn1nc(C(=O)NCCN(C)C)cc1-c1ccc(F)c(F)c1. The van der Waals surface area contributed by atoms with Crippen LogP contribution >= 0.6 is 0 Å². The van der Waals surface area contributed by atoms with Crippen molar-refractivity contribution >= 4 is 5.91 Å². The molecule has 2 rings (SSSR count). The standard InChI is InChI=1S/C16H20F2N4O/c1-4-22-15(11-5-6-12(17)13(18)9-11)10-14(20-22)16(23)19-7-8-21(2)3/h5-6,9-10H,4,7-8H2,1-3H3,(H,19,23). The van der Waals surface area contributed by atoms with Crippen LogP contribution in [0.15, 0.2) is 24.3 Å². The van der Waals surface area contributed by atoms with Gasteiger partial charge in [-0.05, 0) is 45.3 Å². The van der Waals surface area contributed by atoms with E-state index in [1.807, 2.05) is 25.9 Å². The normalized spacial score (nSPS) is 11.0. The minimum atomic E-state index is -0.927. The molecule has 0 spiro atoms. The number of halogens is 2. The number of amides is 1. The summed E-state index contributed by atoms with van der Waals surface area (Å²) in [6, 6.07) is 5.22. The largest absolute Gasteiger partial charge is 0.349 e. The highest BCUT2D eigenvalue weighted by Gasteiger charge is 2.16. The molecule has 0 atom stereocenters. The molecular formula is C16H20F2N4O. The number of aromatic nitrogens is 2. The Labute approximate surface area is 133 Å². The maximum atomic E-state index is 13.4. The summed E-state index contributed by atoms with van der Waals surface area (Å²) >= 11 is 0. The summed E-state index contributed by atoms with van der Waals surface area (Å²) in [5.41, 5.74) is 1.31. The van der Waals surface area contributed by atoms with Crippen molar-refractivity contribution in [3.8, 4) is 11.3 Å². The Morgan fingerprint density at radius 2 is 2.00 bits per heavy atom. The molecule has 0 aliphatic rings. The number of carbonyl (C=O) groups excluding carboxylic acids is 1. The molecule has 1 amide bonds.